The lowest BCUT2D eigenvalue weighted by Gasteiger charge is -2.36. The zero-order valence-electron chi connectivity index (χ0n) is 10.5. The van der Waals surface area contributed by atoms with Gasteiger partial charge in [-0.25, -0.2) is 0 Å². The highest BCUT2D eigenvalue weighted by Gasteiger charge is 2.33. The molecule has 0 aromatic heterocycles. The molecule has 3 rings (SSSR count). The van der Waals surface area contributed by atoms with Crippen molar-refractivity contribution < 1.29 is 5.11 Å². The Kier molecular flexibility index (Phi) is 2.84. The second kappa shape index (κ2) is 4.38. The molecule has 0 heterocycles. The summed E-state index contributed by atoms with van der Waals surface area (Å²) < 4.78 is 0. The van der Waals surface area contributed by atoms with Crippen LogP contribution in [-0.4, -0.2) is 11.2 Å². The summed E-state index contributed by atoms with van der Waals surface area (Å²) in [6.07, 6.45) is 3.17. The van der Waals surface area contributed by atoms with Crippen LogP contribution in [0.15, 0.2) is 42.5 Å². The fraction of sp³-hybridized carbons (Fsp3) is 0.375. The third kappa shape index (κ3) is 1.92. The van der Waals surface area contributed by atoms with Crippen molar-refractivity contribution in [1.82, 2.24) is 0 Å². The summed E-state index contributed by atoms with van der Waals surface area (Å²) in [7, 11) is 0. The molecular weight excluding hydrogens is 222 g/mol. The second-order valence-electron chi connectivity index (χ2n) is 5.41. The fourth-order valence-electron chi connectivity index (χ4n) is 3.05. The summed E-state index contributed by atoms with van der Waals surface area (Å²) in [5, 5.41) is 12.1. The first-order valence-electron chi connectivity index (χ1n) is 6.64. The Labute approximate surface area is 107 Å². The van der Waals surface area contributed by atoms with Crippen molar-refractivity contribution in [2.75, 3.05) is 0 Å². The third-order valence-electron chi connectivity index (χ3n) is 4.17. The maximum absolute atomic E-state index is 9.65. The van der Waals surface area contributed by atoms with Crippen molar-refractivity contribution in [3.8, 4) is 0 Å². The molecule has 0 aliphatic heterocycles. The molecule has 1 aliphatic rings. The first kappa shape index (κ1) is 11.7. The van der Waals surface area contributed by atoms with Crippen LogP contribution in [0.25, 0.3) is 10.8 Å². The van der Waals surface area contributed by atoms with Crippen molar-refractivity contribution in [3.05, 3.63) is 48.0 Å². The van der Waals surface area contributed by atoms with E-state index in [1.807, 2.05) is 0 Å². The van der Waals surface area contributed by atoms with E-state index in [1.54, 1.807) is 0 Å². The van der Waals surface area contributed by atoms with Crippen LogP contribution in [0.3, 0.4) is 0 Å². The Balaban J connectivity index is 2.08. The van der Waals surface area contributed by atoms with Gasteiger partial charge in [-0.3, -0.25) is 0 Å². The van der Waals surface area contributed by atoms with Crippen molar-refractivity contribution >= 4 is 10.8 Å². The number of hydrogen-bond donors (Lipinski definition) is 2. The third-order valence-corrected chi connectivity index (χ3v) is 4.17. The predicted octanol–water partition coefficient (Wildman–Crippen LogP) is 2.93. The summed E-state index contributed by atoms with van der Waals surface area (Å²) in [5.74, 6) is 0. The molecule has 0 bridgehead atoms. The van der Waals surface area contributed by atoms with E-state index < -0.39 is 0 Å². The minimum absolute atomic E-state index is 0.170. The van der Waals surface area contributed by atoms with E-state index >= 15 is 0 Å². The fourth-order valence-corrected chi connectivity index (χ4v) is 3.05. The number of aliphatic hydroxyl groups is 1. The molecule has 0 saturated heterocycles. The molecule has 0 amide bonds. The van der Waals surface area contributed by atoms with Crippen LogP contribution in [0, 0.1) is 0 Å². The minimum Gasteiger partial charge on any atom is -0.393 e. The van der Waals surface area contributed by atoms with Gasteiger partial charge in [0.1, 0.15) is 0 Å². The van der Waals surface area contributed by atoms with Crippen LogP contribution in [0.4, 0.5) is 0 Å². The van der Waals surface area contributed by atoms with Gasteiger partial charge in [0.15, 0.2) is 0 Å². The van der Waals surface area contributed by atoms with Crippen molar-refractivity contribution in [2.24, 2.45) is 5.73 Å². The molecule has 2 aromatic rings. The lowest BCUT2D eigenvalue weighted by molar-refractivity contribution is 0.0973. The van der Waals surface area contributed by atoms with Crippen LogP contribution < -0.4 is 5.73 Å². The molecule has 1 aliphatic carbocycles. The molecule has 0 spiro atoms. The first-order chi connectivity index (χ1) is 8.69. The Bertz CT molecular complexity index is 551. The van der Waals surface area contributed by atoms with E-state index in [4.69, 9.17) is 5.73 Å². The number of nitrogens with two attached hydrogens (primary N) is 1. The topological polar surface area (TPSA) is 46.2 Å². The molecule has 0 unspecified atom stereocenters. The van der Waals surface area contributed by atoms with Crippen LogP contribution in [0.1, 0.15) is 31.2 Å². The van der Waals surface area contributed by atoms with Crippen LogP contribution in [0.5, 0.6) is 0 Å². The Hall–Kier alpha value is -1.38. The molecular formula is C16H19NO. The smallest absolute Gasteiger partial charge is 0.0541 e. The lowest BCUT2D eigenvalue weighted by atomic mass is 9.75. The van der Waals surface area contributed by atoms with Gasteiger partial charge in [-0.1, -0.05) is 42.5 Å². The first-order valence-corrected chi connectivity index (χ1v) is 6.64. The summed E-state index contributed by atoms with van der Waals surface area (Å²) in [6.45, 7) is 0. The number of fused-ring (bicyclic) bond motifs is 1. The molecule has 1 saturated carbocycles. The summed E-state index contributed by atoms with van der Waals surface area (Å²) in [5.41, 5.74) is 7.55. The molecule has 3 N–H and O–H groups in total. The zero-order valence-corrected chi connectivity index (χ0v) is 10.5. The molecule has 0 radical (unpaired) electrons. The summed E-state index contributed by atoms with van der Waals surface area (Å²) in [6, 6.07) is 14.7. The summed E-state index contributed by atoms with van der Waals surface area (Å²) >= 11 is 0. The number of hydrogen-bond acceptors (Lipinski definition) is 2. The van der Waals surface area contributed by atoms with Gasteiger partial charge in [0, 0.05) is 5.54 Å². The molecule has 18 heavy (non-hydrogen) atoms. The van der Waals surface area contributed by atoms with Gasteiger partial charge in [0.2, 0.25) is 0 Å². The maximum Gasteiger partial charge on any atom is 0.0541 e. The van der Waals surface area contributed by atoms with Gasteiger partial charge in [0.25, 0.3) is 0 Å². The normalized spacial score (nSPS) is 28.4. The Morgan fingerprint density at radius 1 is 1.00 bits per heavy atom. The summed E-state index contributed by atoms with van der Waals surface area (Å²) in [4.78, 5) is 0. The highest BCUT2D eigenvalue weighted by atomic mass is 16.3. The second-order valence-corrected chi connectivity index (χ2v) is 5.41. The Morgan fingerprint density at radius 3 is 2.44 bits per heavy atom. The minimum atomic E-state index is -0.278. The van der Waals surface area contributed by atoms with Crippen LogP contribution >= 0.6 is 0 Å². The number of aliphatic hydroxyl groups excluding tert-OH is 1. The molecule has 0 atom stereocenters. The van der Waals surface area contributed by atoms with Crippen molar-refractivity contribution in [3.63, 3.8) is 0 Å². The molecule has 1 fully saturated rings. The molecule has 94 valence electrons. The lowest BCUT2D eigenvalue weighted by Crippen LogP contribution is -2.41. The van der Waals surface area contributed by atoms with E-state index in [9.17, 15) is 5.11 Å². The quantitative estimate of drug-likeness (QED) is 0.806. The van der Waals surface area contributed by atoms with Gasteiger partial charge in [0.05, 0.1) is 6.10 Å². The van der Waals surface area contributed by atoms with E-state index in [-0.39, 0.29) is 11.6 Å². The highest BCUT2D eigenvalue weighted by Crippen LogP contribution is 2.38. The van der Waals surface area contributed by atoms with Gasteiger partial charge < -0.3 is 10.8 Å². The predicted molar refractivity (Wildman–Crippen MR) is 74.3 cm³/mol. The number of benzene rings is 2. The van der Waals surface area contributed by atoms with Gasteiger partial charge in [-0.2, -0.15) is 0 Å². The van der Waals surface area contributed by atoms with Crippen molar-refractivity contribution in [2.45, 2.75) is 37.3 Å². The van der Waals surface area contributed by atoms with Gasteiger partial charge in [-0.05, 0) is 42.0 Å². The van der Waals surface area contributed by atoms with E-state index in [1.165, 1.54) is 16.3 Å². The standard InChI is InChI=1S/C16H19NO/c17-16(10-8-13(18)9-11-16)15-7-3-5-12-4-1-2-6-14(12)15/h1-7,13,18H,8-11,17H2. The maximum atomic E-state index is 9.65. The van der Waals surface area contributed by atoms with E-state index in [2.05, 4.69) is 42.5 Å². The highest BCUT2D eigenvalue weighted by molar-refractivity contribution is 5.86. The van der Waals surface area contributed by atoms with E-state index in [0.29, 0.717) is 0 Å². The van der Waals surface area contributed by atoms with Gasteiger partial charge >= 0.3 is 0 Å². The molecule has 2 aromatic carbocycles. The monoisotopic (exact) mass is 241 g/mol. The average molecular weight is 241 g/mol. The number of rotatable bonds is 1. The largest absolute Gasteiger partial charge is 0.393 e. The van der Waals surface area contributed by atoms with Crippen LogP contribution in [-0.2, 0) is 5.54 Å². The van der Waals surface area contributed by atoms with Crippen LogP contribution in [0.2, 0.25) is 0 Å². The molecule has 2 heteroatoms. The Morgan fingerprint density at radius 2 is 1.67 bits per heavy atom. The van der Waals surface area contributed by atoms with Gasteiger partial charge in [-0.15, -0.1) is 0 Å². The van der Waals surface area contributed by atoms with E-state index in [0.717, 1.165) is 25.7 Å². The SMILES string of the molecule is NC1(c2cccc3ccccc23)CCC(O)CC1. The average Bonchev–Trinajstić information content (AvgIpc) is 2.42. The molecule has 2 nitrogen and oxygen atoms in total. The van der Waals surface area contributed by atoms with Crippen molar-refractivity contribution in [1.29, 1.82) is 0 Å². The zero-order chi connectivity index (χ0) is 12.6.